The minimum absolute atomic E-state index is 0.0717. The first-order valence-electron chi connectivity index (χ1n) is 10.9. The molecule has 2 aliphatic rings. The van der Waals surface area contributed by atoms with Crippen molar-refractivity contribution in [1.82, 2.24) is 24.9 Å². The highest BCUT2D eigenvalue weighted by atomic mass is 16.1. The Balaban J connectivity index is 1.38. The molecule has 0 saturated heterocycles. The standard InChI is InChI=1S/C22H31N5O2/c1-15-13-16(2)26(24-15)20-11-12-22(29)27(25-20)19-9-7-18(8-10-19)23-21(28)14-17-5-3-4-6-17/h11-13,17-19H,3-10,14H2,1-2H3,(H,23,28). The van der Waals surface area contributed by atoms with Gasteiger partial charge in [0.05, 0.1) is 11.7 Å². The Hall–Kier alpha value is -2.44. The normalized spacial score (nSPS) is 22.7. The van der Waals surface area contributed by atoms with Crippen LogP contribution in [0.15, 0.2) is 23.0 Å². The second-order valence-corrected chi connectivity index (χ2v) is 8.74. The molecule has 0 unspecified atom stereocenters. The number of hydrogen-bond acceptors (Lipinski definition) is 4. The Bertz CT molecular complexity index is 918. The summed E-state index contributed by atoms with van der Waals surface area (Å²) in [4.78, 5) is 24.8. The van der Waals surface area contributed by atoms with E-state index < -0.39 is 0 Å². The number of carbonyl (C=O) groups is 1. The van der Waals surface area contributed by atoms with Crippen LogP contribution in [0.3, 0.4) is 0 Å². The van der Waals surface area contributed by atoms with E-state index in [1.54, 1.807) is 21.5 Å². The van der Waals surface area contributed by atoms with Gasteiger partial charge < -0.3 is 5.32 Å². The third-order valence-electron chi connectivity index (χ3n) is 6.39. The van der Waals surface area contributed by atoms with E-state index in [9.17, 15) is 9.59 Å². The van der Waals surface area contributed by atoms with Crippen molar-refractivity contribution in [3.63, 3.8) is 0 Å². The molecule has 7 heteroatoms. The predicted octanol–water partition coefficient (Wildman–Crippen LogP) is 3.23. The lowest BCUT2D eigenvalue weighted by Crippen LogP contribution is -2.40. The van der Waals surface area contributed by atoms with Gasteiger partial charge in [0.1, 0.15) is 0 Å². The summed E-state index contributed by atoms with van der Waals surface area (Å²) in [6.45, 7) is 3.93. The molecule has 0 aliphatic heterocycles. The summed E-state index contributed by atoms with van der Waals surface area (Å²) in [5.41, 5.74) is 1.84. The van der Waals surface area contributed by atoms with Crippen molar-refractivity contribution in [3.8, 4) is 5.82 Å². The van der Waals surface area contributed by atoms with Gasteiger partial charge in [-0.25, -0.2) is 9.36 Å². The van der Waals surface area contributed by atoms with Crippen LogP contribution >= 0.6 is 0 Å². The molecular formula is C22H31N5O2. The van der Waals surface area contributed by atoms with E-state index in [0.29, 0.717) is 18.2 Å². The van der Waals surface area contributed by atoms with Crippen molar-refractivity contribution < 1.29 is 4.79 Å². The second-order valence-electron chi connectivity index (χ2n) is 8.74. The largest absolute Gasteiger partial charge is 0.353 e. The van der Waals surface area contributed by atoms with Crippen LogP contribution in [0.4, 0.5) is 0 Å². The number of amides is 1. The highest BCUT2D eigenvalue weighted by Crippen LogP contribution is 2.29. The Morgan fingerprint density at radius 2 is 1.79 bits per heavy atom. The maximum atomic E-state index is 12.4. The molecule has 2 fully saturated rings. The topological polar surface area (TPSA) is 81.8 Å². The fraction of sp³-hybridized carbons (Fsp3) is 0.636. The van der Waals surface area contributed by atoms with Crippen LogP contribution < -0.4 is 10.9 Å². The summed E-state index contributed by atoms with van der Waals surface area (Å²) in [6.07, 6.45) is 9.07. The number of nitrogens with one attached hydrogen (secondary N) is 1. The van der Waals surface area contributed by atoms with Crippen LogP contribution in [0.2, 0.25) is 0 Å². The Morgan fingerprint density at radius 1 is 1.07 bits per heavy atom. The molecule has 4 rings (SSSR count). The third-order valence-corrected chi connectivity index (χ3v) is 6.39. The minimum atomic E-state index is -0.0796. The average Bonchev–Trinajstić information content (AvgIpc) is 3.32. The molecule has 2 aromatic rings. The van der Waals surface area contributed by atoms with E-state index >= 15 is 0 Å². The van der Waals surface area contributed by atoms with Gasteiger partial charge in [0.25, 0.3) is 5.56 Å². The van der Waals surface area contributed by atoms with Crippen LogP contribution in [0, 0.1) is 19.8 Å². The van der Waals surface area contributed by atoms with Crippen molar-refractivity contribution >= 4 is 5.91 Å². The zero-order chi connectivity index (χ0) is 20.4. The van der Waals surface area contributed by atoms with Crippen LogP contribution in [0.25, 0.3) is 5.82 Å². The summed E-state index contributed by atoms with van der Waals surface area (Å²) in [6, 6.07) is 5.59. The molecule has 0 bridgehead atoms. The molecule has 0 aromatic carbocycles. The fourth-order valence-corrected chi connectivity index (χ4v) is 4.88. The van der Waals surface area contributed by atoms with Gasteiger partial charge in [-0.3, -0.25) is 9.59 Å². The molecule has 1 amide bonds. The summed E-state index contributed by atoms with van der Waals surface area (Å²) >= 11 is 0. The molecule has 7 nitrogen and oxygen atoms in total. The molecule has 0 atom stereocenters. The quantitative estimate of drug-likeness (QED) is 0.840. The maximum Gasteiger partial charge on any atom is 0.267 e. The Morgan fingerprint density at radius 3 is 2.45 bits per heavy atom. The smallest absolute Gasteiger partial charge is 0.267 e. The van der Waals surface area contributed by atoms with Crippen molar-refractivity contribution in [2.45, 2.75) is 83.7 Å². The molecule has 2 heterocycles. The first kappa shape index (κ1) is 19.9. The van der Waals surface area contributed by atoms with E-state index in [1.807, 2.05) is 19.9 Å². The molecule has 2 aromatic heterocycles. The second kappa shape index (κ2) is 8.51. The van der Waals surface area contributed by atoms with Gasteiger partial charge in [0.15, 0.2) is 5.82 Å². The van der Waals surface area contributed by atoms with E-state index in [0.717, 1.165) is 37.1 Å². The molecule has 156 valence electrons. The summed E-state index contributed by atoms with van der Waals surface area (Å²) in [5.74, 6) is 1.44. The third kappa shape index (κ3) is 4.60. The molecular weight excluding hydrogens is 366 g/mol. The van der Waals surface area contributed by atoms with Crippen LogP contribution in [-0.4, -0.2) is 31.5 Å². The van der Waals surface area contributed by atoms with Crippen molar-refractivity contribution in [2.75, 3.05) is 0 Å². The lowest BCUT2D eigenvalue weighted by molar-refractivity contribution is -0.122. The SMILES string of the molecule is Cc1cc(C)n(-c2ccc(=O)n(C3CCC(NC(=O)CC4CCCC4)CC3)n2)n1. The maximum absolute atomic E-state index is 12.4. The van der Waals surface area contributed by atoms with E-state index in [2.05, 4.69) is 15.5 Å². The van der Waals surface area contributed by atoms with Gasteiger partial charge in [-0.2, -0.15) is 5.10 Å². The zero-order valence-electron chi connectivity index (χ0n) is 17.4. The van der Waals surface area contributed by atoms with Crippen LogP contribution in [-0.2, 0) is 4.79 Å². The summed E-state index contributed by atoms with van der Waals surface area (Å²) in [5, 5.41) is 12.3. The average molecular weight is 398 g/mol. The summed E-state index contributed by atoms with van der Waals surface area (Å²) < 4.78 is 3.39. The number of hydrogen-bond donors (Lipinski definition) is 1. The Labute approximate surface area is 171 Å². The zero-order valence-corrected chi connectivity index (χ0v) is 17.4. The highest BCUT2D eigenvalue weighted by Gasteiger charge is 2.26. The molecule has 2 aliphatic carbocycles. The minimum Gasteiger partial charge on any atom is -0.353 e. The van der Waals surface area contributed by atoms with Gasteiger partial charge in [-0.15, -0.1) is 5.10 Å². The number of aryl methyl sites for hydroxylation is 2. The molecule has 29 heavy (non-hydrogen) atoms. The van der Waals surface area contributed by atoms with Gasteiger partial charge >= 0.3 is 0 Å². The van der Waals surface area contributed by atoms with Crippen molar-refractivity contribution in [1.29, 1.82) is 0 Å². The Kier molecular flexibility index (Phi) is 5.83. The lowest BCUT2D eigenvalue weighted by atomic mass is 9.91. The molecule has 1 N–H and O–H groups in total. The highest BCUT2D eigenvalue weighted by molar-refractivity contribution is 5.76. The van der Waals surface area contributed by atoms with Gasteiger partial charge in [-0.1, -0.05) is 12.8 Å². The van der Waals surface area contributed by atoms with E-state index in [4.69, 9.17) is 0 Å². The summed E-state index contributed by atoms with van der Waals surface area (Å²) in [7, 11) is 0. The molecule has 0 radical (unpaired) electrons. The first-order chi connectivity index (χ1) is 14.0. The monoisotopic (exact) mass is 397 g/mol. The predicted molar refractivity (Wildman–Crippen MR) is 111 cm³/mol. The van der Waals surface area contributed by atoms with Gasteiger partial charge in [0, 0.05) is 24.2 Å². The van der Waals surface area contributed by atoms with E-state index in [-0.39, 0.29) is 23.6 Å². The lowest BCUT2D eigenvalue weighted by Gasteiger charge is -2.30. The number of carbonyl (C=O) groups excluding carboxylic acids is 1. The van der Waals surface area contributed by atoms with Gasteiger partial charge in [-0.05, 0) is 70.4 Å². The van der Waals surface area contributed by atoms with E-state index in [1.165, 1.54) is 25.7 Å². The number of aromatic nitrogens is 4. The fourth-order valence-electron chi connectivity index (χ4n) is 4.88. The first-order valence-corrected chi connectivity index (χ1v) is 10.9. The number of rotatable bonds is 5. The van der Waals surface area contributed by atoms with Crippen LogP contribution in [0.1, 0.15) is 75.2 Å². The number of nitrogens with zero attached hydrogens (tertiary/aromatic N) is 4. The molecule has 2 saturated carbocycles. The van der Waals surface area contributed by atoms with Gasteiger partial charge in [0.2, 0.25) is 5.91 Å². The van der Waals surface area contributed by atoms with Crippen molar-refractivity contribution in [2.24, 2.45) is 5.92 Å². The van der Waals surface area contributed by atoms with Crippen molar-refractivity contribution in [3.05, 3.63) is 39.9 Å². The van der Waals surface area contributed by atoms with Crippen LogP contribution in [0.5, 0.6) is 0 Å². The molecule has 0 spiro atoms.